The van der Waals surface area contributed by atoms with Crippen molar-refractivity contribution in [2.24, 2.45) is 0 Å². The summed E-state index contributed by atoms with van der Waals surface area (Å²) in [7, 11) is 0. The summed E-state index contributed by atoms with van der Waals surface area (Å²) < 4.78 is 37.3. The molecule has 4 nitrogen and oxygen atoms in total. The summed E-state index contributed by atoms with van der Waals surface area (Å²) in [6.45, 7) is 1.69. The van der Waals surface area contributed by atoms with Gasteiger partial charge in [0.1, 0.15) is 0 Å². The van der Waals surface area contributed by atoms with Crippen molar-refractivity contribution in [2.75, 3.05) is 11.9 Å². The van der Waals surface area contributed by atoms with Gasteiger partial charge in [-0.3, -0.25) is 0 Å². The van der Waals surface area contributed by atoms with Crippen LogP contribution in [0.5, 0.6) is 0 Å². The number of nitrogens with one attached hydrogen (secondary N) is 1. The Hall–Kier alpha value is -1.79. The maximum Gasteiger partial charge on any atom is 0.390 e. The van der Waals surface area contributed by atoms with Gasteiger partial charge in [-0.15, -0.1) is 5.10 Å². The third-order valence-corrected chi connectivity index (χ3v) is 2.18. The van der Waals surface area contributed by atoms with E-state index < -0.39 is 12.6 Å². The van der Waals surface area contributed by atoms with Crippen LogP contribution in [-0.2, 0) is 0 Å². The number of pyridine rings is 1. The van der Waals surface area contributed by atoms with Gasteiger partial charge in [0.15, 0.2) is 5.65 Å². The maximum atomic E-state index is 11.9. The largest absolute Gasteiger partial charge is 0.390 e. The van der Waals surface area contributed by atoms with Crippen LogP contribution in [0.2, 0.25) is 0 Å². The van der Waals surface area contributed by atoms with E-state index in [1.54, 1.807) is 6.20 Å². The first-order valence-corrected chi connectivity index (χ1v) is 5.08. The standard InChI is InChI=1S/C10H11F3N4/c1-7-2-5-17-8(6-7)15-9(16-17)14-4-3-10(11,12)13/h2,5-6H,3-4H2,1H3,(H,14,16). The van der Waals surface area contributed by atoms with E-state index in [9.17, 15) is 13.2 Å². The summed E-state index contributed by atoms with van der Waals surface area (Å²) in [5.41, 5.74) is 1.63. The first kappa shape index (κ1) is 11.7. The van der Waals surface area contributed by atoms with Crippen molar-refractivity contribution in [1.82, 2.24) is 14.6 Å². The van der Waals surface area contributed by atoms with Gasteiger partial charge in [-0.05, 0) is 24.6 Å². The smallest absolute Gasteiger partial charge is 0.353 e. The Kier molecular flexibility index (Phi) is 2.91. The molecule has 0 radical (unpaired) electrons. The van der Waals surface area contributed by atoms with E-state index in [0.29, 0.717) is 5.65 Å². The van der Waals surface area contributed by atoms with Gasteiger partial charge in [0.2, 0.25) is 5.95 Å². The normalized spacial score (nSPS) is 12.0. The van der Waals surface area contributed by atoms with Crippen LogP contribution in [-0.4, -0.2) is 27.3 Å². The lowest BCUT2D eigenvalue weighted by atomic mass is 10.3. The van der Waals surface area contributed by atoms with Gasteiger partial charge in [0.05, 0.1) is 6.42 Å². The molecule has 0 aliphatic carbocycles. The molecule has 0 spiro atoms. The number of hydrogen-bond donors (Lipinski definition) is 1. The molecule has 92 valence electrons. The second-order valence-corrected chi connectivity index (χ2v) is 3.73. The van der Waals surface area contributed by atoms with E-state index in [-0.39, 0.29) is 12.5 Å². The average Bonchev–Trinajstić information content (AvgIpc) is 2.57. The number of hydrogen-bond acceptors (Lipinski definition) is 3. The first-order valence-electron chi connectivity index (χ1n) is 5.08. The fraction of sp³-hybridized carbons (Fsp3) is 0.400. The van der Waals surface area contributed by atoms with E-state index in [2.05, 4.69) is 15.4 Å². The van der Waals surface area contributed by atoms with Crippen LogP contribution in [0, 0.1) is 6.92 Å². The van der Waals surface area contributed by atoms with Crippen LogP contribution in [0.25, 0.3) is 5.65 Å². The first-order chi connectivity index (χ1) is 7.94. The molecule has 0 aromatic carbocycles. The van der Waals surface area contributed by atoms with E-state index >= 15 is 0 Å². The minimum absolute atomic E-state index is 0.208. The molecule has 7 heteroatoms. The lowest BCUT2D eigenvalue weighted by Crippen LogP contribution is -2.15. The Morgan fingerprint density at radius 1 is 1.41 bits per heavy atom. The summed E-state index contributed by atoms with van der Waals surface area (Å²) in [4.78, 5) is 4.07. The van der Waals surface area contributed by atoms with Crippen molar-refractivity contribution in [1.29, 1.82) is 0 Å². The van der Waals surface area contributed by atoms with Crippen LogP contribution < -0.4 is 5.32 Å². The van der Waals surface area contributed by atoms with Crippen LogP contribution in [0.1, 0.15) is 12.0 Å². The molecule has 2 aromatic heterocycles. The van der Waals surface area contributed by atoms with Crippen LogP contribution in [0.4, 0.5) is 19.1 Å². The van der Waals surface area contributed by atoms with Crippen LogP contribution >= 0.6 is 0 Å². The number of aromatic nitrogens is 3. The molecule has 0 bridgehead atoms. The highest BCUT2D eigenvalue weighted by atomic mass is 19.4. The molecular formula is C10H11F3N4. The number of nitrogens with zero attached hydrogens (tertiary/aromatic N) is 3. The Bertz CT molecular complexity index is 518. The summed E-state index contributed by atoms with van der Waals surface area (Å²) in [6.07, 6.45) is -3.35. The lowest BCUT2D eigenvalue weighted by Gasteiger charge is -2.05. The van der Waals surface area contributed by atoms with Crippen molar-refractivity contribution >= 4 is 11.6 Å². The summed E-state index contributed by atoms with van der Waals surface area (Å²) in [6, 6.07) is 3.66. The molecule has 0 amide bonds. The predicted molar refractivity (Wildman–Crippen MR) is 56.9 cm³/mol. The van der Waals surface area contributed by atoms with Crippen molar-refractivity contribution in [3.05, 3.63) is 23.9 Å². The SMILES string of the molecule is Cc1ccn2nc(NCCC(F)(F)F)nc2c1. The fourth-order valence-corrected chi connectivity index (χ4v) is 1.37. The van der Waals surface area contributed by atoms with Crippen molar-refractivity contribution < 1.29 is 13.2 Å². The van der Waals surface area contributed by atoms with Crippen LogP contribution in [0.15, 0.2) is 18.3 Å². The number of alkyl halides is 3. The fourth-order valence-electron chi connectivity index (χ4n) is 1.37. The van der Waals surface area contributed by atoms with E-state index in [1.165, 1.54) is 4.52 Å². The number of anilines is 1. The van der Waals surface area contributed by atoms with E-state index in [4.69, 9.17) is 0 Å². The zero-order chi connectivity index (χ0) is 12.5. The molecule has 0 aliphatic rings. The van der Waals surface area contributed by atoms with Crippen molar-refractivity contribution in [3.63, 3.8) is 0 Å². The van der Waals surface area contributed by atoms with Gasteiger partial charge in [-0.1, -0.05) is 0 Å². The zero-order valence-corrected chi connectivity index (χ0v) is 9.12. The van der Waals surface area contributed by atoms with E-state index in [1.807, 2.05) is 19.1 Å². The molecular weight excluding hydrogens is 233 g/mol. The summed E-state index contributed by atoms with van der Waals surface area (Å²) >= 11 is 0. The second-order valence-electron chi connectivity index (χ2n) is 3.73. The van der Waals surface area contributed by atoms with Crippen molar-refractivity contribution in [3.8, 4) is 0 Å². The number of rotatable bonds is 3. The Morgan fingerprint density at radius 3 is 2.88 bits per heavy atom. The van der Waals surface area contributed by atoms with Gasteiger partial charge in [-0.25, -0.2) is 4.52 Å². The minimum atomic E-state index is -4.16. The zero-order valence-electron chi connectivity index (χ0n) is 9.12. The number of halogens is 3. The molecule has 1 N–H and O–H groups in total. The number of aryl methyl sites for hydroxylation is 1. The third-order valence-electron chi connectivity index (χ3n) is 2.18. The van der Waals surface area contributed by atoms with Gasteiger partial charge in [-0.2, -0.15) is 18.2 Å². The topological polar surface area (TPSA) is 42.2 Å². The van der Waals surface area contributed by atoms with Crippen molar-refractivity contribution in [2.45, 2.75) is 19.5 Å². The average molecular weight is 244 g/mol. The molecule has 2 heterocycles. The molecule has 0 saturated heterocycles. The second kappa shape index (κ2) is 4.23. The van der Waals surface area contributed by atoms with Gasteiger partial charge < -0.3 is 5.32 Å². The molecule has 2 rings (SSSR count). The Balaban J connectivity index is 2.05. The molecule has 0 unspecified atom stereocenters. The van der Waals surface area contributed by atoms with Gasteiger partial charge in [0, 0.05) is 12.7 Å². The highest BCUT2D eigenvalue weighted by Crippen LogP contribution is 2.19. The molecule has 0 aliphatic heterocycles. The third kappa shape index (κ3) is 3.08. The molecule has 0 fully saturated rings. The van der Waals surface area contributed by atoms with Crippen LogP contribution in [0.3, 0.4) is 0 Å². The van der Waals surface area contributed by atoms with Gasteiger partial charge >= 0.3 is 6.18 Å². The predicted octanol–water partition coefficient (Wildman–Crippen LogP) is 2.40. The molecule has 17 heavy (non-hydrogen) atoms. The quantitative estimate of drug-likeness (QED) is 0.901. The molecule has 0 atom stereocenters. The Morgan fingerprint density at radius 2 is 2.18 bits per heavy atom. The Labute approximate surface area is 95.5 Å². The highest BCUT2D eigenvalue weighted by Gasteiger charge is 2.26. The van der Waals surface area contributed by atoms with Gasteiger partial charge in [0.25, 0.3) is 0 Å². The minimum Gasteiger partial charge on any atom is -0.353 e. The molecule has 2 aromatic rings. The van der Waals surface area contributed by atoms with E-state index in [0.717, 1.165) is 5.56 Å². The monoisotopic (exact) mass is 244 g/mol. The lowest BCUT2D eigenvalue weighted by molar-refractivity contribution is -0.131. The summed E-state index contributed by atoms with van der Waals surface area (Å²) in [5.74, 6) is 0.208. The summed E-state index contributed by atoms with van der Waals surface area (Å²) in [5, 5.41) is 6.55. The highest BCUT2D eigenvalue weighted by molar-refractivity contribution is 5.45. The molecule has 0 saturated carbocycles. The number of fused-ring (bicyclic) bond motifs is 1. The maximum absolute atomic E-state index is 11.9.